The first-order chi connectivity index (χ1) is 12.2. The number of hydrogen-bond acceptors (Lipinski definition) is 10. The highest BCUT2D eigenvalue weighted by atomic mass is 32.2. The number of amides is 3. The molecule has 2 N–H and O–H groups in total. The fraction of sp³-hybridized carbons (Fsp3) is 0.583. The van der Waals surface area contributed by atoms with E-state index in [2.05, 4.69) is 4.18 Å². The van der Waals surface area contributed by atoms with Gasteiger partial charge in [-0.05, 0) is 13.8 Å². The average molecular weight is 413 g/mol. The van der Waals surface area contributed by atoms with E-state index in [9.17, 15) is 24.0 Å². The molecule has 0 aliphatic rings. The highest BCUT2D eigenvalue weighted by Gasteiger charge is 2.24. The molecule has 0 aromatic rings. The number of carboxylic acid groups (broad SMARTS) is 1. The van der Waals surface area contributed by atoms with Crippen LogP contribution in [0.25, 0.3) is 0 Å². The molecule has 0 spiro atoms. The number of rotatable bonds is 9. The van der Waals surface area contributed by atoms with Crippen molar-refractivity contribution < 1.29 is 42.7 Å². The lowest BCUT2D eigenvalue weighted by Gasteiger charge is -2.24. The maximum Gasteiger partial charge on any atom is 0.434 e. The molecule has 0 aliphatic heterocycles. The number of nitrogens with one attached hydrogen (secondary N) is 1. The van der Waals surface area contributed by atoms with Crippen LogP contribution in [-0.2, 0) is 28.0 Å². The monoisotopic (exact) mass is 413 g/mol. The summed E-state index contributed by atoms with van der Waals surface area (Å²) < 4.78 is 17.8. The minimum absolute atomic E-state index is 0.0839. The molecule has 0 atom stereocenters. The Hall–Kier alpha value is -2.35. The fourth-order valence-corrected chi connectivity index (χ4v) is 2.29. The topological polar surface area (TPSA) is 152 Å². The van der Waals surface area contributed by atoms with E-state index < -0.39 is 30.0 Å². The van der Waals surface area contributed by atoms with Crippen molar-refractivity contribution >= 4 is 54.4 Å². The van der Waals surface area contributed by atoms with Crippen LogP contribution in [0.3, 0.4) is 0 Å². The maximum absolute atomic E-state index is 11.9. The molecule has 0 unspecified atom stereocenters. The van der Waals surface area contributed by atoms with Gasteiger partial charge in [0.25, 0.3) is 0 Å². The van der Waals surface area contributed by atoms with Gasteiger partial charge in [0.15, 0.2) is 12.2 Å². The van der Waals surface area contributed by atoms with Gasteiger partial charge in [-0.25, -0.2) is 23.0 Å². The highest BCUT2D eigenvalue weighted by molar-refractivity contribution is 7.96. The van der Waals surface area contributed by atoms with Crippen LogP contribution in [0.2, 0.25) is 0 Å². The molecule has 0 saturated carbocycles. The Morgan fingerprint density at radius 3 is 2.19 bits per heavy atom. The van der Waals surface area contributed by atoms with Crippen LogP contribution in [0.15, 0.2) is 0 Å². The number of carboxylic acids is 1. The lowest BCUT2D eigenvalue weighted by atomic mass is 10.4. The number of hydrogen-bond donors (Lipinski definition) is 2. The SMILES string of the molecule is CCOC(=O)CCN(SN(C)C(=O)OSNC(=O)C(=O)O)C(=O)OCC. The molecule has 148 valence electrons. The number of carbonyl (C=O) groups is 5. The van der Waals surface area contributed by atoms with Crippen molar-refractivity contribution in [1.82, 2.24) is 13.3 Å². The Labute approximate surface area is 158 Å². The number of nitrogens with zero attached hydrogens (tertiary/aromatic N) is 2. The minimum atomic E-state index is -1.75. The molecule has 0 saturated heterocycles. The average Bonchev–Trinajstić information content (AvgIpc) is 2.58. The Bertz CT molecular complexity index is 532. The van der Waals surface area contributed by atoms with Crippen LogP contribution in [0, 0.1) is 0 Å². The molecular formula is C12H19N3O9S2. The Morgan fingerprint density at radius 1 is 1.04 bits per heavy atom. The molecule has 0 heterocycles. The van der Waals surface area contributed by atoms with E-state index in [1.165, 1.54) is 7.05 Å². The minimum Gasteiger partial charge on any atom is -0.474 e. The van der Waals surface area contributed by atoms with E-state index in [0.717, 1.165) is 8.61 Å². The third-order valence-corrected chi connectivity index (χ3v) is 3.63. The van der Waals surface area contributed by atoms with Gasteiger partial charge in [-0.3, -0.25) is 14.3 Å². The van der Waals surface area contributed by atoms with Crippen molar-refractivity contribution in [3.8, 4) is 0 Å². The zero-order valence-electron chi connectivity index (χ0n) is 14.3. The fourth-order valence-electron chi connectivity index (χ4n) is 1.16. The first-order valence-electron chi connectivity index (χ1n) is 7.15. The van der Waals surface area contributed by atoms with Crippen molar-refractivity contribution in [1.29, 1.82) is 0 Å². The van der Waals surface area contributed by atoms with Gasteiger partial charge < -0.3 is 18.8 Å². The second-order valence-electron chi connectivity index (χ2n) is 4.10. The van der Waals surface area contributed by atoms with Crippen molar-refractivity contribution in [3.05, 3.63) is 0 Å². The molecular weight excluding hydrogens is 394 g/mol. The van der Waals surface area contributed by atoms with E-state index >= 15 is 0 Å². The Morgan fingerprint density at radius 2 is 1.65 bits per heavy atom. The van der Waals surface area contributed by atoms with Gasteiger partial charge >= 0.3 is 30.0 Å². The molecule has 0 aliphatic carbocycles. The lowest BCUT2D eigenvalue weighted by molar-refractivity contribution is -0.149. The number of carbonyl (C=O) groups excluding carboxylic acids is 4. The lowest BCUT2D eigenvalue weighted by Crippen LogP contribution is -2.34. The molecule has 0 radical (unpaired) electrons. The first kappa shape index (κ1) is 23.6. The van der Waals surface area contributed by atoms with E-state index in [0.29, 0.717) is 12.1 Å². The van der Waals surface area contributed by atoms with E-state index in [1.54, 1.807) is 18.6 Å². The summed E-state index contributed by atoms with van der Waals surface area (Å²) >= 11 is 0.696. The second kappa shape index (κ2) is 12.9. The highest BCUT2D eigenvalue weighted by Crippen LogP contribution is 2.19. The van der Waals surface area contributed by atoms with Crippen LogP contribution >= 0.6 is 24.4 Å². The summed E-state index contributed by atoms with van der Waals surface area (Å²) in [5, 5.41) is 8.35. The summed E-state index contributed by atoms with van der Waals surface area (Å²) in [5.41, 5.74) is 0. The van der Waals surface area contributed by atoms with Crippen LogP contribution < -0.4 is 4.72 Å². The van der Waals surface area contributed by atoms with Crippen molar-refractivity contribution in [2.45, 2.75) is 20.3 Å². The van der Waals surface area contributed by atoms with Crippen LogP contribution in [0.4, 0.5) is 9.59 Å². The molecule has 0 fully saturated rings. The van der Waals surface area contributed by atoms with E-state index in [4.69, 9.17) is 14.6 Å². The van der Waals surface area contributed by atoms with Gasteiger partial charge in [-0.2, -0.15) is 0 Å². The van der Waals surface area contributed by atoms with Gasteiger partial charge in [0, 0.05) is 13.6 Å². The molecule has 12 nitrogen and oxygen atoms in total. The summed E-state index contributed by atoms with van der Waals surface area (Å²) in [6, 6.07) is 0. The number of ether oxygens (including phenoxy) is 2. The van der Waals surface area contributed by atoms with Gasteiger partial charge in [0.2, 0.25) is 0 Å². The van der Waals surface area contributed by atoms with Gasteiger partial charge in [-0.1, -0.05) is 0 Å². The molecule has 0 rings (SSSR count). The smallest absolute Gasteiger partial charge is 0.434 e. The predicted molar refractivity (Wildman–Crippen MR) is 90.2 cm³/mol. The Balaban J connectivity index is 4.58. The molecule has 3 amide bonds. The van der Waals surface area contributed by atoms with Crippen molar-refractivity contribution in [2.24, 2.45) is 0 Å². The van der Waals surface area contributed by atoms with Crippen LogP contribution in [0.5, 0.6) is 0 Å². The first-order valence-corrected chi connectivity index (χ1v) is 8.62. The van der Waals surface area contributed by atoms with Gasteiger partial charge in [0.1, 0.15) is 0 Å². The van der Waals surface area contributed by atoms with Gasteiger partial charge in [0.05, 0.1) is 31.8 Å². The Kier molecular flexibility index (Phi) is 11.8. The van der Waals surface area contributed by atoms with Crippen LogP contribution in [-0.4, -0.2) is 70.6 Å². The molecule has 14 heteroatoms. The third-order valence-electron chi connectivity index (χ3n) is 2.22. The zero-order chi connectivity index (χ0) is 20.1. The summed E-state index contributed by atoms with van der Waals surface area (Å²) in [6.45, 7) is 3.41. The standard InChI is InChI=1S/C12H19N3O9S2/c1-4-22-8(16)6-7-15(12(21)23-5-2)26-14(3)11(20)24-25-13-9(17)10(18)19/h4-7H2,1-3H3,(H,13,17)(H,18,19). The van der Waals surface area contributed by atoms with Crippen LogP contribution in [0.1, 0.15) is 20.3 Å². The van der Waals surface area contributed by atoms with Gasteiger partial charge in [-0.15, -0.1) is 0 Å². The molecule has 0 aromatic carbocycles. The molecule has 26 heavy (non-hydrogen) atoms. The quantitative estimate of drug-likeness (QED) is 0.239. The maximum atomic E-state index is 11.9. The second-order valence-corrected chi connectivity index (χ2v) is 5.79. The molecule has 0 aromatic heterocycles. The van der Waals surface area contributed by atoms with E-state index in [-0.39, 0.29) is 38.4 Å². The van der Waals surface area contributed by atoms with E-state index in [1.807, 2.05) is 0 Å². The summed E-state index contributed by atoms with van der Waals surface area (Å²) in [6.07, 6.45) is -1.91. The van der Waals surface area contributed by atoms with Crippen molar-refractivity contribution in [2.75, 3.05) is 26.8 Å². The third kappa shape index (κ3) is 9.83. The summed E-state index contributed by atoms with van der Waals surface area (Å²) in [4.78, 5) is 56.1. The predicted octanol–water partition coefficient (Wildman–Crippen LogP) is 0.794. The zero-order valence-corrected chi connectivity index (χ0v) is 15.9. The summed E-state index contributed by atoms with van der Waals surface area (Å²) in [7, 11) is 1.25. The number of aliphatic carboxylic acids is 1. The normalized spacial score (nSPS) is 9.65. The summed E-state index contributed by atoms with van der Waals surface area (Å²) in [5.74, 6) is -3.65. The largest absolute Gasteiger partial charge is 0.474 e. The number of esters is 1. The van der Waals surface area contributed by atoms with Crippen molar-refractivity contribution in [3.63, 3.8) is 0 Å². The molecule has 0 bridgehead atoms.